The van der Waals surface area contributed by atoms with Gasteiger partial charge in [0.1, 0.15) is 0 Å². The van der Waals surface area contributed by atoms with Crippen LogP contribution in [0.4, 0.5) is 6.01 Å². The first-order chi connectivity index (χ1) is 11.5. The molecule has 124 valence electrons. The first-order valence-corrected chi connectivity index (χ1v) is 8.65. The number of hydrogen-bond donors (Lipinski definition) is 1. The molecule has 9 heteroatoms. The summed E-state index contributed by atoms with van der Waals surface area (Å²) in [7, 11) is -3.44. The number of hydrogen-bond acceptors (Lipinski definition) is 7. The van der Waals surface area contributed by atoms with Crippen LogP contribution >= 0.6 is 0 Å². The van der Waals surface area contributed by atoms with Gasteiger partial charge in [-0.05, 0) is 24.3 Å². The van der Waals surface area contributed by atoms with Gasteiger partial charge in [0.2, 0.25) is 5.89 Å². The molecule has 0 unspecified atom stereocenters. The monoisotopic (exact) mass is 347 g/mol. The predicted molar refractivity (Wildman–Crippen MR) is 83.2 cm³/mol. The number of rotatable bonds is 6. The van der Waals surface area contributed by atoms with Gasteiger partial charge < -0.3 is 8.83 Å². The third-order valence-corrected chi connectivity index (χ3v) is 4.85. The van der Waals surface area contributed by atoms with Crippen LogP contribution < -0.4 is 5.32 Å². The summed E-state index contributed by atoms with van der Waals surface area (Å²) < 4.78 is 34.5. The van der Waals surface area contributed by atoms with Crippen LogP contribution in [0, 0.1) is 0 Å². The first kappa shape index (κ1) is 15.9. The van der Waals surface area contributed by atoms with E-state index in [2.05, 4.69) is 15.5 Å². The highest BCUT2D eigenvalue weighted by Crippen LogP contribution is 2.14. The van der Waals surface area contributed by atoms with Crippen molar-refractivity contribution in [1.29, 1.82) is 0 Å². The molecule has 2 heterocycles. The number of benzene rings is 1. The predicted octanol–water partition coefficient (Wildman–Crippen LogP) is 1.93. The highest BCUT2D eigenvalue weighted by molar-refractivity contribution is 7.91. The maximum Gasteiger partial charge on any atom is 0.322 e. The minimum Gasteiger partial charge on any atom is -0.459 e. The minimum atomic E-state index is -3.44. The third-order valence-electron chi connectivity index (χ3n) is 3.12. The van der Waals surface area contributed by atoms with Crippen LogP contribution in [-0.2, 0) is 16.3 Å². The lowest BCUT2D eigenvalue weighted by molar-refractivity contribution is 0.0993. The Labute approximate surface area is 137 Å². The molecule has 1 aromatic carbocycles. The molecular weight excluding hydrogens is 334 g/mol. The molecule has 2 aromatic heterocycles. The molecule has 8 nitrogen and oxygen atoms in total. The summed E-state index contributed by atoms with van der Waals surface area (Å²) in [5.41, 5.74) is 0. The van der Waals surface area contributed by atoms with Gasteiger partial charge in [0.25, 0.3) is 5.91 Å². The molecule has 0 saturated carbocycles. The van der Waals surface area contributed by atoms with E-state index in [0.29, 0.717) is 0 Å². The highest BCUT2D eigenvalue weighted by Gasteiger charge is 2.17. The zero-order valence-corrected chi connectivity index (χ0v) is 13.2. The summed E-state index contributed by atoms with van der Waals surface area (Å²) in [6.45, 7) is 0. The van der Waals surface area contributed by atoms with Gasteiger partial charge in [0, 0.05) is 6.42 Å². The van der Waals surface area contributed by atoms with E-state index < -0.39 is 15.7 Å². The Balaban J connectivity index is 1.61. The van der Waals surface area contributed by atoms with Crippen molar-refractivity contribution in [1.82, 2.24) is 10.2 Å². The first-order valence-electron chi connectivity index (χ1n) is 7.00. The van der Waals surface area contributed by atoms with Gasteiger partial charge in [0.05, 0.1) is 16.9 Å². The van der Waals surface area contributed by atoms with Crippen LogP contribution in [-0.4, -0.2) is 30.3 Å². The van der Waals surface area contributed by atoms with Crippen molar-refractivity contribution in [3.05, 3.63) is 60.4 Å². The van der Waals surface area contributed by atoms with E-state index >= 15 is 0 Å². The number of carbonyl (C=O) groups excluding carboxylic acids is 1. The van der Waals surface area contributed by atoms with Gasteiger partial charge >= 0.3 is 6.01 Å². The quantitative estimate of drug-likeness (QED) is 0.724. The number of aromatic nitrogens is 2. The van der Waals surface area contributed by atoms with Crippen LogP contribution in [0.25, 0.3) is 0 Å². The zero-order chi connectivity index (χ0) is 17.0. The summed E-state index contributed by atoms with van der Waals surface area (Å²) in [5.74, 6) is -0.497. The van der Waals surface area contributed by atoms with Crippen molar-refractivity contribution in [2.24, 2.45) is 0 Å². The van der Waals surface area contributed by atoms with E-state index in [9.17, 15) is 13.2 Å². The Morgan fingerprint density at radius 1 is 1.08 bits per heavy atom. The smallest absolute Gasteiger partial charge is 0.322 e. The summed E-state index contributed by atoms with van der Waals surface area (Å²) in [5, 5.41) is 9.75. The number of nitrogens with one attached hydrogen (secondary N) is 1. The molecular formula is C15H13N3O5S. The minimum absolute atomic E-state index is 0.0425. The van der Waals surface area contributed by atoms with Crippen molar-refractivity contribution < 1.29 is 22.0 Å². The molecule has 0 saturated heterocycles. The van der Waals surface area contributed by atoms with Gasteiger partial charge in [-0.2, -0.15) is 0 Å². The Bertz CT molecular complexity index is 917. The molecule has 1 N–H and O–H groups in total. The molecule has 0 bridgehead atoms. The summed E-state index contributed by atoms with van der Waals surface area (Å²) in [4.78, 5) is 12.0. The van der Waals surface area contributed by atoms with Crippen molar-refractivity contribution in [2.75, 3.05) is 11.1 Å². The molecule has 0 aliphatic carbocycles. The number of aryl methyl sites for hydroxylation is 1. The van der Waals surface area contributed by atoms with Crippen LogP contribution in [0.1, 0.15) is 16.4 Å². The van der Waals surface area contributed by atoms with E-state index in [-0.39, 0.29) is 34.7 Å². The molecule has 0 aliphatic rings. The molecule has 0 radical (unpaired) electrons. The van der Waals surface area contributed by atoms with Crippen molar-refractivity contribution in [3.8, 4) is 0 Å². The standard InChI is InChI=1S/C15H13N3O5S/c19-14(12-7-4-9-22-12)16-15-18-17-13(23-15)8-10-24(20,21)11-5-2-1-3-6-11/h1-7,9H,8,10H2,(H,16,18,19). The zero-order valence-electron chi connectivity index (χ0n) is 12.4. The molecule has 0 aliphatic heterocycles. The van der Waals surface area contributed by atoms with Crippen LogP contribution in [0.15, 0.2) is 62.5 Å². The lowest BCUT2D eigenvalue weighted by Crippen LogP contribution is -2.11. The fourth-order valence-corrected chi connectivity index (χ4v) is 3.19. The molecule has 0 spiro atoms. The van der Waals surface area contributed by atoms with Gasteiger partial charge in [0.15, 0.2) is 15.6 Å². The third kappa shape index (κ3) is 3.69. The topological polar surface area (TPSA) is 115 Å². The second-order valence-electron chi connectivity index (χ2n) is 4.81. The molecule has 3 rings (SSSR count). The Morgan fingerprint density at radius 2 is 1.88 bits per heavy atom. The number of nitrogens with zero attached hydrogens (tertiary/aromatic N) is 2. The van der Waals surface area contributed by atoms with E-state index in [1.54, 1.807) is 24.3 Å². The number of carbonyl (C=O) groups is 1. The molecule has 3 aromatic rings. The normalized spacial score (nSPS) is 11.3. The van der Waals surface area contributed by atoms with Crippen molar-refractivity contribution in [2.45, 2.75) is 11.3 Å². The number of anilines is 1. The fraction of sp³-hybridized carbons (Fsp3) is 0.133. The van der Waals surface area contributed by atoms with Gasteiger partial charge in [-0.1, -0.05) is 23.3 Å². The van der Waals surface area contributed by atoms with E-state index in [1.165, 1.54) is 24.5 Å². The number of sulfone groups is 1. The second kappa shape index (κ2) is 6.67. The highest BCUT2D eigenvalue weighted by atomic mass is 32.2. The van der Waals surface area contributed by atoms with Gasteiger partial charge in [-0.25, -0.2) is 8.42 Å². The number of amides is 1. The van der Waals surface area contributed by atoms with E-state index in [1.807, 2.05) is 0 Å². The average molecular weight is 347 g/mol. The molecule has 1 amide bonds. The van der Waals surface area contributed by atoms with Crippen LogP contribution in [0.3, 0.4) is 0 Å². The molecule has 0 atom stereocenters. The lowest BCUT2D eigenvalue weighted by Gasteiger charge is -2.01. The fourth-order valence-electron chi connectivity index (χ4n) is 1.94. The van der Waals surface area contributed by atoms with E-state index in [4.69, 9.17) is 8.83 Å². The van der Waals surface area contributed by atoms with Crippen LogP contribution in [0.5, 0.6) is 0 Å². The Hall–Kier alpha value is -2.94. The summed E-state index contributed by atoms with van der Waals surface area (Å²) >= 11 is 0. The average Bonchev–Trinajstić information content (AvgIpc) is 3.26. The van der Waals surface area contributed by atoms with Crippen LogP contribution in [0.2, 0.25) is 0 Å². The van der Waals surface area contributed by atoms with Gasteiger partial charge in [-0.3, -0.25) is 10.1 Å². The largest absolute Gasteiger partial charge is 0.459 e. The maximum absolute atomic E-state index is 12.2. The van der Waals surface area contributed by atoms with Crippen molar-refractivity contribution >= 4 is 21.8 Å². The number of furan rings is 1. The maximum atomic E-state index is 12.2. The molecule has 24 heavy (non-hydrogen) atoms. The summed E-state index contributed by atoms with van der Waals surface area (Å²) in [6, 6.07) is 11.0. The molecule has 0 fully saturated rings. The van der Waals surface area contributed by atoms with E-state index in [0.717, 1.165) is 0 Å². The Kier molecular flexibility index (Phi) is 4.43. The van der Waals surface area contributed by atoms with Crippen molar-refractivity contribution in [3.63, 3.8) is 0 Å². The lowest BCUT2D eigenvalue weighted by atomic mass is 10.4. The SMILES string of the molecule is O=C(Nc1nnc(CCS(=O)(=O)c2ccccc2)o1)c1ccco1. The Morgan fingerprint density at radius 3 is 2.58 bits per heavy atom. The van der Waals surface area contributed by atoms with Gasteiger partial charge in [-0.15, -0.1) is 5.10 Å². The second-order valence-corrected chi connectivity index (χ2v) is 6.92. The summed E-state index contributed by atoms with van der Waals surface area (Å²) in [6.07, 6.45) is 1.41.